The Hall–Kier alpha value is -4.21. The molecular weight excluding hydrogens is 456 g/mol. The minimum atomic E-state index is -0.744. The summed E-state index contributed by atoms with van der Waals surface area (Å²) in [5.74, 6) is -0.443. The molecule has 0 fully saturated rings. The van der Waals surface area contributed by atoms with Crippen LogP contribution in [-0.2, 0) is 20.0 Å². The highest BCUT2D eigenvalue weighted by Gasteiger charge is 2.19. The summed E-state index contributed by atoms with van der Waals surface area (Å²) in [5.41, 5.74) is 2.39. The number of aromatic nitrogens is 3. The number of nitrogens with zero attached hydrogens (tertiary/aromatic N) is 3. The van der Waals surface area contributed by atoms with Crippen molar-refractivity contribution in [3.63, 3.8) is 0 Å². The van der Waals surface area contributed by atoms with Crippen molar-refractivity contribution in [2.45, 2.75) is 19.9 Å². The maximum atomic E-state index is 14.6. The first-order valence-corrected chi connectivity index (χ1v) is 10.9. The fraction of sp³-hybridized carbons (Fsp3) is 0.240. The lowest BCUT2D eigenvalue weighted by Crippen LogP contribution is -2.24. The van der Waals surface area contributed by atoms with E-state index in [1.807, 2.05) is 0 Å². The van der Waals surface area contributed by atoms with E-state index in [9.17, 15) is 13.6 Å². The number of benzene rings is 2. The van der Waals surface area contributed by atoms with Gasteiger partial charge in [-0.3, -0.25) is 4.79 Å². The van der Waals surface area contributed by atoms with E-state index in [1.165, 1.54) is 13.2 Å². The number of anilines is 2. The van der Waals surface area contributed by atoms with Crippen molar-refractivity contribution in [2.75, 3.05) is 19.5 Å². The molecule has 0 unspecified atom stereocenters. The molecule has 0 radical (unpaired) electrons. The van der Waals surface area contributed by atoms with Crippen LogP contribution in [0.1, 0.15) is 28.5 Å². The first-order chi connectivity index (χ1) is 16.8. The van der Waals surface area contributed by atoms with E-state index >= 15 is 0 Å². The van der Waals surface area contributed by atoms with Crippen LogP contribution in [0.4, 0.5) is 20.3 Å². The summed E-state index contributed by atoms with van der Waals surface area (Å²) >= 11 is 0. The molecule has 0 aliphatic rings. The Morgan fingerprint density at radius 1 is 1.09 bits per heavy atom. The summed E-state index contributed by atoms with van der Waals surface area (Å²) in [4.78, 5) is 21.9. The number of ether oxygens (including phenoxy) is 2. The minimum Gasteiger partial charge on any atom is -0.497 e. The van der Waals surface area contributed by atoms with Crippen molar-refractivity contribution in [1.29, 1.82) is 0 Å². The molecular formula is C25H25F2N5O3. The zero-order chi connectivity index (χ0) is 25.1. The summed E-state index contributed by atoms with van der Waals surface area (Å²) in [6, 6.07) is 9.02. The number of pyridine rings is 1. The lowest BCUT2D eigenvalue weighted by molar-refractivity contribution is 0.0947. The minimum absolute atomic E-state index is 0.0682. The van der Waals surface area contributed by atoms with Crippen LogP contribution in [0.25, 0.3) is 11.0 Å². The average molecular weight is 482 g/mol. The molecule has 2 heterocycles. The Morgan fingerprint density at radius 3 is 2.60 bits per heavy atom. The van der Waals surface area contributed by atoms with Crippen LogP contribution in [0.2, 0.25) is 0 Å². The molecule has 2 aromatic carbocycles. The van der Waals surface area contributed by atoms with Gasteiger partial charge in [-0.05, 0) is 30.2 Å². The van der Waals surface area contributed by atoms with Gasteiger partial charge in [0.2, 0.25) is 0 Å². The van der Waals surface area contributed by atoms with Gasteiger partial charge in [-0.15, -0.1) is 0 Å². The number of methoxy groups -OCH3 is 2. The van der Waals surface area contributed by atoms with E-state index in [0.29, 0.717) is 34.5 Å². The quantitative estimate of drug-likeness (QED) is 0.385. The van der Waals surface area contributed by atoms with E-state index in [0.717, 1.165) is 11.6 Å². The van der Waals surface area contributed by atoms with Crippen LogP contribution >= 0.6 is 0 Å². The van der Waals surface area contributed by atoms with Gasteiger partial charge < -0.3 is 24.7 Å². The number of amides is 1. The standard InChI is InChI=1S/C25H25F2N5O3/c1-5-14-8-16(26)9-18(27)22(14)30-21-11-19-23(29-13-32(19)2)24(31-21)25(33)28-12-15-6-7-17(34-3)10-20(15)35-4/h6-11,13H,5,12H2,1-4H3,(H,28,33)(H,30,31). The van der Waals surface area contributed by atoms with E-state index < -0.39 is 17.5 Å². The first-order valence-electron chi connectivity index (χ1n) is 10.9. The van der Waals surface area contributed by atoms with Gasteiger partial charge in [-0.1, -0.05) is 6.92 Å². The van der Waals surface area contributed by atoms with Crippen LogP contribution in [0.15, 0.2) is 42.7 Å². The fourth-order valence-corrected chi connectivity index (χ4v) is 3.78. The topological polar surface area (TPSA) is 90.3 Å². The summed E-state index contributed by atoms with van der Waals surface area (Å²) in [5, 5.41) is 5.76. The molecule has 0 saturated carbocycles. The van der Waals surface area contributed by atoms with Crippen molar-refractivity contribution < 1.29 is 23.0 Å². The number of halogens is 2. The van der Waals surface area contributed by atoms with Gasteiger partial charge in [0.05, 0.1) is 31.8 Å². The average Bonchev–Trinajstić information content (AvgIpc) is 3.23. The third kappa shape index (κ3) is 4.86. The second-order valence-corrected chi connectivity index (χ2v) is 7.84. The van der Waals surface area contributed by atoms with Crippen LogP contribution in [0, 0.1) is 11.6 Å². The Bertz CT molecular complexity index is 1400. The summed E-state index contributed by atoms with van der Waals surface area (Å²) < 4.78 is 40.6. The molecule has 0 spiro atoms. The predicted molar refractivity (Wildman–Crippen MR) is 128 cm³/mol. The Morgan fingerprint density at radius 2 is 1.89 bits per heavy atom. The van der Waals surface area contributed by atoms with E-state index in [-0.39, 0.29) is 23.7 Å². The monoisotopic (exact) mass is 481 g/mol. The molecule has 0 atom stereocenters. The van der Waals surface area contributed by atoms with Crippen LogP contribution in [-0.4, -0.2) is 34.7 Å². The summed E-state index contributed by atoms with van der Waals surface area (Å²) in [6.45, 7) is 1.97. The van der Waals surface area contributed by atoms with Crippen molar-refractivity contribution in [3.05, 3.63) is 71.2 Å². The zero-order valence-electron chi connectivity index (χ0n) is 19.8. The van der Waals surface area contributed by atoms with Gasteiger partial charge in [0.15, 0.2) is 5.69 Å². The number of imidazole rings is 1. The number of fused-ring (bicyclic) bond motifs is 1. The molecule has 0 aliphatic carbocycles. The van der Waals surface area contributed by atoms with Gasteiger partial charge >= 0.3 is 0 Å². The Labute approximate surface area is 200 Å². The molecule has 0 aliphatic heterocycles. The summed E-state index contributed by atoms with van der Waals surface area (Å²) in [7, 11) is 4.87. The van der Waals surface area contributed by atoms with Crippen LogP contribution in [0.5, 0.6) is 11.5 Å². The predicted octanol–water partition coefficient (Wildman–Crippen LogP) is 4.50. The Balaban J connectivity index is 1.66. The zero-order valence-corrected chi connectivity index (χ0v) is 19.8. The lowest BCUT2D eigenvalue weighted by atomic mass is 10.1. The third-order valence-corrected chi connectivity index (χ3v) is 5.63. The molecule has 2 N–H and O–H groups in total. The van der Waals surface area contributed by atoms with Gasteiger partial charge in [0.1, 0.15) is 34.5 Å². The number of hydrogen-bond donors (Lipinski definition) is 2. The lowest BCUT2D eigenvalue weighted by Gasteiger charge is -2.14. The van der Waals surface area contributed by atoms with Gasteiger partial charge in [-0.2, -0.15) is 0 Å². The molecule has 4 rings (SSSR count). The van der Waals surface area contributed by atoms with E-state index in [2.05, 4.69) is 20.6 Å². The molecule has 4 aromatic rings. The second-order valence-electron chi connectivity index (χ2n) is 7.84. The summed E-state index contributed by atoms with van der Waals surface area (Å²) in [6.07, 6.45) is 1.97. The van der Waals surface area contributed by atoms with Crippen molar-refractivity contribution in [3.8, 4) is 11.5 Å². The SMILES string of the molecule is CCc1cc(F)cc(F)c1Nc1cc2c(ncn2C)c(C(=O)NCc2ccc(OC)cc2OC)n1. The highest BCUT2D eigenvalue weighted by molar-refractivity contribution is 6.04. The maximum absolute atomic E-state index is 14.6. The molecule has 182 valence electrons. The normalized spacial score (nSPS) is 10.9. The van der Waals surface area contributed by atoms with Crippen LogP contribution in [0.3, 0.4) is 0 Å². The number of nitrogens with one attached hydrogen (secondary N) is 2. The first kappa shape index (κ1) is 23.9. The number of carbonyl (C=O) groups excluding carboxylic acids is 1. The maximum Gasteiger partial charge on any atom is 0.272 e. The molecule has 35 heavy (non-hydrogen) atoms. The van der Waals surface area contributed by atoms with Crippen molar-refractivity contribution in [1.82, 2.24) is 19.9 Å². The molecule has 8 nitrogen and oxygen atoms in total. The number of rotatable bonds is 8. The largest absolute Gasteiger partial charge is 0.497 e. The molecule has 0 saturated heterocycles. The highest BCUT2D eigenvalue weighted by Crippen LogP contribution is 2.28. The molecule has 10 heteroatoms. The number of hydrogen-bond acceptors (Lipinski definition) is 6. The molecule has 2 aromatic heterocycles. The smallest absolute Gasteiger partial charge is 0.272 e. The van der Waals surface area contributed by atoms with Gasteiger partial charge in [0.25, 0.3) is 5.91 Å². The molecule has 0 bridgehead atoms. The third-order valence-electron chi connectivity index (χ3n) is 5.63. The second kappa shape index (κ2) is 9.96. The highest BCUT2D eigenvalue weighted by atomic mass is 19.1. The fourth-order valence-electron chi connectivity index (χ4n) is 3.78. The van der Waals surface area contributed by atoms with E-state index in [1.54, 1.807) is 56.2 Å². The van der Waals surface area contributed by atoms with Crippen molar-refractivity contribution in [2.24, 2.45) is 7.05 Å². The van der Waals surface area contributed by atoms with Gasteiger partial charge in [0, 0.05) is 37.4 Å². The molecule has 1 amide bonds. The van der Waals surface area contributed by atoms with Crippen LogP contribution < -0.4 is 20.1 Å². The number of aryl methyl sites for hydroxylation is 2. The Kier molecular flexibility index (Phi) is 6.81. The number of carbonyl (C=O) groups is 1. The van der Waals surface area contributed by atoms with Crippen molar-refractivity contribution >= 4 is 28.4 Å². The van der Waals surface area contributed by atoms with E-state index in [4.69, 9.17) is 9.47 Å². The van der Waals surface area contributed by atoms with Gasteiger partial charge in [-0.25, -0.2) is 18.7 Å².